The van der Waals surface area contributed by atoms with Crippen LogP contribution in [-0.2, 0) is 14.4 Å². The van der Waals surface area contributed by atoms with Crippen LogP contribution in [0.15, 0.2) is 48.5 Å². The van der Waals surface area contributed by atoms with E-state index in [-0.39, 0.29) is 30.3 Å². The molecule has 3 aromatic rings. The number of ether oxygens (including phenoxy) is 2. The topological polar surface area (TPSA) is 128 Å². The number of thiophene rings is 1. The van der Waals surface area contributed by atoms with Gasteiger partial charge < -0.3 is 25.4 Å². The minimum Gasteiger partial charge on any atom is -0.454 e. The maximum absolute atomic E-state index is 14.8. The molecule has 2 aromatic carbocycles. The van der Waals surface area contributed by atoms with E-state index in [2.05, 4.69) is 5.32 Å². The summed E-state index contributed by atoms with van der Waals surface area (Å²) < 4.78 is 11.3. The molecule has 1 saturated heterocycles. The Kier molecular flexibility index (Phi) is 8.20. The summed E-state index contributed by atoms with van der Waals surface area (Å²) >= 11 is 1.54. The van der Waals surface area contributed by atoms with Crippen molar-refractivity contribution in [3.8, 4) is 11.5 Å². The van der Waals surface area contributed by atoms with E-state index in [9.17, 15) is 19.2 Å². The summed E-state index contributed by atoms with van der Waals surface area (Å²) in [6.07, 6.45) is 4.39. The van der Waals surface area contributed by atoms with Crippen LogP contribution in [0.25, 0.3) is 0 Å². The molecule has 44 heavy (non-hydrogen) atoms. The summed E-state index contributed by atoms with van der Waals surface area (Å²) in [5, 5.41) is 2.77. The first-order valence-corrected chi connectivity index (χ1v) is 16.0. The Morgan fingerprint density at radius 3 is 2.23 bits per heavy atom. The number of carbonyl (C=O) groups is 4. The molecule has 3 heterocycles. The molecule has 3 N–H and O–H groups in total. The number of aryl methyl sites for hydroxylation is 2. The average molecular weight is 616 g/mol. The highest BCUT2D eigenvalue weighted by atomic mass is 32.1. The van der Waals surface area contributed by atoms with Gasteiger partial charge in [0.05, 0.1) is 12.0 Å². The highest BCUT2D eigenvalue weighted by Crippen LogP contribution is 2.53. The second-order valence-corrected chi connectivity index (χ2v) is 13.5. The second kappa shape index (κ2) is 12.1. The van der Waals surface area contributed by atoms with E-state index in [0.717, 1.165) is 41.9 Å². The Bertz CT molecular complexity index is 1610. The lowest BCUT2D eigenvalue weighted by atomic mass is 9.76. The summed E-state index contributed by atoms with van der Waals surface area (Å²) in [5.41, 5.74) is 8.75. The van der Waals surface area contributed by atoms with Crippen LogP contribution < -0.4 is 20.5 Å². The van der Waals surface area contributed by atoms with Crippen molar-refractivity contribution >= 4 is 40.5 Å². The number of fused-ring (bicyclic) bond motifs is 1. The molecule has 0 spiro atoms. The molecular weight excluding hydrogens is 578 g/mol. The third-order valence-electron chi connectivity index (χ3n) is 9.13. The van der Waals surface area contributed by atoms with Gasteiger partial charge in [0.15, 0.2) is 17.3 Å². The number of hydrogen-bond acceptors (Lipinski definition) is 7. The van der Waals surface area contributed by atoms with Crippen LogP contribution in [0.1, 0.15) is 82.2 Å². The van der Waals surface area contributed by atoms with Crippen molar-refractivity contribution in [3.05, 3.63) is 75.0 Å². The lowest BCUT2D eigenvalue weighted by molar-refractivity contribution is -0.144. The fourth-order valence-corrected chi connectivity index (χ4v) is 8.20. The number of primary amides is 1. The summed E-state index contributed by atoms with van der Waals surface area (Å²) in [6.45, 7) is 5.39. The highest BCUT2D eigenvalue weighted by Gasteiger charge is 2.58. The normalized spacial score (nSPS) is 23.0. The Balaban J connectivity index is 1.56. The first kappa shape index (κ1) is 29.9. The smallest absolute Gasteiger partial charge is 0.240 e. The molecule has 1 saturated carbocycles. The van der Waals surface area contributed by atoms with Crippen molar-refractivity contribution in [2.75, 3.05) is 12.1 Å². The maximum atomic E-state index is 14.8. The molecule has 2 fully saturated rings. The van der Waals surface area contributed by atoms with Gasteiger partial charge >= 0.3 is 0 Å². The Morgan fingerprint density at radius 2 is 1.59 bits per heavy atom. The van der Waals surface area contributed by atoms with Crippen molar-refractivity contribution < 1.29 is 28.7 Å². The predicted octanol–water partition coefficient (Wildman–Crippen LogP) is 5.65. The zero-order valence-corrected chi connectivity index (χ0v) is 25.9. The van der Waals surface area contributed by atoms with Gasteiger partial charge in [-0.15, -0.1) is 11.3 Å². The molecule has 6 rings (SSSR count). The summed E-state index contributed by atoms with van der Waals surface area (Å²) in [4.78, 5) is 58.1. The fraction of sp³-hybridized carbons (Fsp3) is 0.412. The first-order valence-electron chi connectivity index (χ1n) is 15.1. The van der Waals surface area contributed by atoms with Crippen LogP contribution in [-0.4, -0.2) is 41.2 Å². The van der Waals surface area contributed by atoms with Crippen molar-refractivity contribution in [1.82, 2.24) is 4.90 Å². The standard InChI is InChI=1S/C34H37N3O6S/c1-18-15-25(19(2)44-18)32(39)29-28(21-9-12-24(13-10-21)36-20(3)38)31(33(35)40)37(34(41)22-7-5-4-6-8-22)30(29)23-11-14-26-27(16-23)43-17-42-26/h9-16,22,28-31H,4-8,17H2,1-3H3,(H2,35,40)(H,36,38). The number of ketones is 1. The molecule has 10 heteroatoms. The number of likely N-dealkylation sites (tertiary alicyclic amines) is 1. The van der Waals surface area contributed by atoms with Crippen LogP contribution in [0.2, 0.25) is 0 Å². The van der Waals surface area contributed by atoms with Crippen LogP contribution in [0, 0.1) is 25.7 Å². The van der Waals surface area contributed by atoms with E-state index in [1.165, 1.54) is 6.92 Å². The zero-order chi connectivity index (χ0) is 31.1. The van der Waals surface area contributed by atoms with Gasteiger partial charge in [-0.2, -0.15) is 0 Å². The molecule has 4 atom stereocenters. The predicted molar refractivity (Wildman–Crippen MR) is 167 cm³/mol. The summed E-state index contributed by atoms with van der Waals surface area (Å²) in [7, 11) is 0. The summed E-state index contributed by atoms with van der Waals surface area (Å²) in [5.74, 6) is -1.86. The molecule has 0 bridgehead atoms. The van der Waals surface area contributed by atoms with Gasteiger partial charge in [0.2, 0.25) is 24.5 Å². The van der Waals surface area contributed by atoms with E-state index in [1.807, 2.05) is 44.2 Å². The summed E-state index contributed by atoms with van der Waals surface area (Å²) in [6, 6.07) is 12.6. The van der Waals surface area contributed by atoms with Gasteiger partial charge in [0, 0.05) is 39.8 Å². The number of benzene rings is 2. The number of nitrogens with zero attached hydrogens (tertiary/aromatic N) is 1. The number of amides is 3. The zero-order valence-electron chi connectivity index (χ0n) is 25.1. The van der Waals surface area contributed by atoms with Gasteiger partial charge in [-0.05, 0) is 68.1 Å². The van der Waals surface area contributed by atoms with E-state index in [0.29, 0.717) is 33.9 Å². The Hall–Kier alpha value is -4.18. The van der Waals surface area contributed by atoms with Crippen LogP contribution in [0.3, 0.4) is 0 Å². The number of rotatable bonds is 7. The van der Waals surface area contributed by atoms with E-state index in [1.54, 1.807) is 34.4 Å². The van der Waals surface area contributed by atoms with Gasteiger partial charge in [0.25, 0.3) is 0 Å². The van der Waals surface area contributed by atoms with Gasteiger partial charge in [-0.3, -0.25) is 19.2 Å². The molecule has 4 unspecified atom stereocenters. The third-order valence-corrected chi connectivity index (χ3v) is 10.1. The number of nitrogens with one attached hydrogen (secondary N) is 1. The minimum absolute atomic E-state index is 0.0804. The molecule has 3 amide bonds. The van der Waals surface area contributed by atoms with Crippen LogP contribution in [0.4, 0.5) is 5.69 Å². The minimum atomic E-state index is -1.07. The fourth-order valence-electron chi connectivity index (χ4n) is 7.27. The molecule has 1 aliphatic carbocycles. The van der Waals surface area contributed by atoms with E-state index < -0.39 is 29.8 Å². The van der Waals surface area contributed by atoms with Gasteiger partial charge in [-0.1, -0.05) is 37.5 Å². The van der Waals surface area contributed by atoms with Crippen molar-refractivity contribution in [2.45, 2.75) is 70.9 Å². The maximum Gasteiger partial charge on any atom is 0.240 e. The van der Waals surface area contributed by atoms with Crippen molar-refractivity contribution in [1.29, 1.82) is 0 Å². The van der Waals surface area contributed by atoms with E-state index in [4.69, 9.17) is 15.2 Å². The average Bonchev–Trinajstić information content (AvgIpc) is 3.71. The van der Waals surface area contributed by atoms with Crippen LogP contribution >= 0.6 is 11.3 Å². The number of hydrogen-bond donors (Lipinski definition) is 2. The lowest BCUT2D eigenvalue weighted by Gasteiger charge is -2.35. The molecule has 0 radical (unpaired) electrons. The Morgan fingerprint density at radius 1 is 0.909 bits per heavy atom. The molecule has 3 aliphatic rings. The van der Waals surface area contributed by atoms with Gasteiger partial charge in [0.1, 0.15) is 6.04 Å². The highest BCUT2D eigenvalue weighted by molar-refractivity contribution is 7.12. The van der Waals surface area contributed by atoms with Crippen molar-refractivity contribution in [2.24, 2.45) is 17.6 Å². The van der Waals surface area contributed by atoms with E-state index >= 15 is 0 Å². The number of carbonyl (C=O) groups excluding carboxylic acids is 4. The molecular formula is C34H37N3O6S. The van der Waals surface area contributed by atoms with Gasteiger partial charge in [-0.25, -0.2) is 0 Å². The van der Waals surface area contributed by atoms with Crippen molar-refractivity contribution in [3.63, 3.8) is 0 Å². The SMILES string of the molecule is CC(=O)Nc1ccc(C2C(C(=O)c3cc(C)sc3C)C(c3ccc4c(c3)OCO4)N(C(=O)C3CCCCC3)C2C(N)=O)cc1. The third kappa shape index (κ3) is 5.47. The Labute approximate surface area is 260 Å². The second-order valence-electron chi connectivity index (χ2n) is 12.0. The largest absolute Gasteiger partial charge is 0.454 e. The van der Waals surface area contributed by atoms with Crippen LogP contribution in [0.5, 0.6) is 11.5 Å². The lowest BCUT2D eigenvalue weighted by Crippen LogP contribution is -2.49. The number of nitrogens with two attached hydrogens (primary N) is 1. The number of Topliss-reactive ketones (excluding diaryl/α,β-unsaturated/α-hetero) is 1. The number of anilines is 1. The quantitative estimate of drug-likeness (QED) is 0.331. The first-order chi connectivity index (χ1) is 21.1. The monoisotopic (exact) mass is 615 g/mol. The molecule has 1 aromatic heterocycles. The molecule has 2 aliphatic heterocycles. The molecule has 9 nitrogen and oxygen atoms in total. The molecule has 230 valence electrons.